The molecule has 0 radical (unpaired) electrons. The molecule has 0 spiro atoms. The Labute approximate surface area is 116 Å². The molecule has 0 aromatic carbocycles. The first kappa shape index (κ1) is 14.9. The molecule has 5 nitrogen and oxygen atoms in total. The summed E-state index contributed by atoms with van der Waals surface area (Å²) in [5.74, 6) is 1.57. The lowest BCUT2D eigenvalue weighted by atomic mass is 10.2. The van der Waals surface area contributed by atoms with E-state index in [9.17, 15) is 0 Å². The normalized spacial score (nSPS) is 13.4. The fourth-order valence-electron chi connectivity index (χ4n) is 1.49. The van der Waals surface area contributed by atoms with Crippen LogP contribution in [0.4, 0.5) is 5.82 Å². The standard InChI is InChI=1S/C11H17ClN4OS/c1-7(6-18-3)16(2)11-9(12)8(4-5-14-11)10(13)15-17/h4-5,7,17H,6H2,1-3H3,(H2,13,15). The number of halogens is 1. The number of aromatic nitrogens is 1. The zero-order valence-electron chi connectivity index (χ0n) is 10.6. The maximum Gasteiger partial charge on any atom is 0.171 e. The molecule has 0 aliphatic heterocycles. The Morgan fingerprint density at radius 1 is 1.72 bits per heavy atom. The Balaban J connectivity index is 3.11. The molecule has 0 saturated heterocycles. The van der Waals surface area contributed by atoms with E-state index < -0.39 is 0 Å². The number of hydrogen-bond donors (Lipinski definition) is 2. The van der Waals surface area contributed by atoms with Crippen molar-refractivity contribution in [1.82, 2.24) is 4.98 Å². The molecule has 1 aromatic rings. The van der Waals surface area contributed by atoms with Gasteiger partial charge in [-0.3, -0.25) is 0 Å². The number of amidine groups is 1. The molecule has 0 amide bonds. The van der Waals surface area contributed by atoms with Crippen molar-refractivity contribution in [2.24, 2.45) is 10.9 Å². The van der Waals surface area contributed by atoms with Crippen LogP contribution in [-0.4, -0.2) is 41.1 Å². The van der Waals surface area contributed by atoms with Gasteiger partial charge in [0.1, 0.15) is 5.82 Å². The summed E-state index contributed by atoms with van der Waals surface area (Å²) in [6, 6.07) is 1.90. The van der Waals surface area contributed by atoms with Crippen LogP contribution in [0, 0.1) is 0 Å². The minimum absolute atomic E-state index is 0.0189. The fraction of sp³-hybridized carbons (Fsp3) is 0.455. The maximum absolute atomic E-state index is 8.70. The number of hydrogen-bond acceptors (Lipinski definition) is 5. The van der Waals surface area contributed by atoms with Gasteiger partial charge in [-0.05, 0) is 19.2 Å². The zero-order chi connectivity index (χ0) is 13.7. The van der Waals surface area contributed by atoms with Gasteiger partial charge in [0, 0.05) is 30.6 Å². The van der Waals surface area contributed by atoms with Crippen molar-refractivity contribution >= 4 is 35.0 Å². The molecule has 1 atom stereocenters. The molecule has 0 aliphatic rings. The molecule has 7 heteroatoms. The van der Waals surface area contributed by atoms with Crippen LogP contribution in [0.2, 0.25) is 5.02 Å². The van der Waals surface area contributed by atoms with Gasteiger partial charge in [-0.1, -0.05) is 16.8 Å². The minimum Gasteiger partial charge on any atom is -0.409 e. The minimum atomic E-state index is -0.0189. The van der Waals surface area contributed by atoms with E-state index in [2.05, 4.69) is 17.1 Å². The summed E-state index contributed by atoms with van der Waals surface area (Å²) in [6.07, 6.45) is 3.64. The van der Waals surface area contributed by atoms with Crippen molar-refractivity contribution < 1.29 is 5.21 Å². The second-order valence-electron chi connectivity index (χ2n) is 3.90. The Morgan fingerprint density at radius 3 is 2.94 bits per heavy atom. The third-order valence-electron chi connectivity index (χ3n) is 2.66. The van der Waals surface area contributed by atoms with E-state index >= 15 is 0 Å². The van der Waals surface area contributed by atoms with Gasteiger partial charge in [-0.15, -0.1) is 0 Å². The monoisotopic (exact) mass is 288 g/mol. The number of anilines is 1. The Kier molecular flexibility index (Phi) is 5.55. The second kappa shape index (κ2) is 6.70. The van der Waals surface area contributed by atoms with E-state index in [1.807, 2.05) is 18.2 Å². The number of thioether (sulfide) groups is 1. The molecule has 0 saturated carbocycles. The number of pyridine rings is 1. The Bertz CT molecular complexity index is 441. The smallest absolute Gasteiger partial charge is 0.171 e. The summed E-state index contributed by atoms with van der Waals surface area (Å²) >= 11 is 7.99. The number of nitrogens with two attached hydrogens (primary N) is 1. The van der Waals surface area contributed by atoms with E-state index in [1.54, 1.807) is 24.0 Å². The highest BCUT2D eigenvalue weighted by molar-refractivity contribution is 7.98. The number of nitrogens with zero attached hydrogens (tertiary/aromatic N) is 3. The SMILES string of the molecule is CSCC(C)N(C)c1nccc(/C(N)=N/O)c1Cl. The fourth-order valence-corrected chi connectivity index (χ4v) is 2.54. The molecule has 100 valence electrons. The molecule has 0 fully saturated rings. The van der Waals surface area contributed by atoms with Crippen LogP contribution in [0.25, 0.3) is 0 Å². The lowest BCUT2D eigenvalue weighted by Crippen LogP contribution is -2.32. The molecular weight excluding hydrogens is 272 g/mol. The second-order valence-corrected chi connectivity index (χ2v) is 5.19. The summed E-state index contributed by atoms with van der Waals surface area (Å²) in [6.45, 7) is 2.09. The van der Waals surface area contributed by atoms with Crippen LogP contribution in [0.3, 0.4) is 0 Å². The van der Waals surface area contributed by atoms with Crippen LogP contribution in [0.15, 0.2) is 17.4 Å². The van der Waals surface area contributed by atoms with Crippen molar-refractivity contribution in [2.75, 3.05) is 24.0 Å². The molecular formula is C11H17ClN4OS. The van der Waals surface area contributed by atoms with Gasteiger partial charge >= 0.3 is 0 Å². The van der Waals surface area contributed by atoms with Gasteiger partial charge in [0.05, 0.1) is 5.02 Å². The van der Waals surface area contributed by atoms with Crippen LogP contribution in [0.1, 0.15) is 12.5 Å². The third kappa shape index (κ3) is 3.20. The van der Waals surface area contributed by atoms with E-state index in [-0.39, 0.29) is 11.9 Å². The average Bonchev–Trinajstić information content (AvgIpc) is 2.37. The van der Waals surface area contributed by atoms with Gasteiger partial charge in [-0.2, -0.15) is 11.8 Å². The first-order valence-electron chi connectivity index (χ1n) is 5.37. The van der Waals surface area contributed by atoms with Gasteiger partial charge in [0.25, 0.3) is 0 Å². The predicted molar refractivity (Wildman–Crippen MR) is 78.0 cm³/mol. The summed E-state index contributed by atoms with van der Waals surface area (Å²) in [5, 5.41) is 12.1. The zero-order valence-corrected chi connectivity index (χ0v) is 12.2. The van der Waals surface area contributed by atoms with Crippen LogP contribution in [-0.2, 0) is 0 Å². The largest absolute Gasteiger partial charge is 0.409 e. The third-order valence-corrected chi connectivity index (χ3v) is 3.85. The molecule has 1 heterocycles. The van der Waals surface area contributed by atoms with E-state index in [4.69, 9.17) is 22.5 Å². The lowest BCUT2D eigenvalue weighted by molar-refractivity contribution is 0.318. The Morgan fingerprint density at radius 2 is 2.39 bits per heavy atom. The van der Waals surface area contributed by atoms with Crippen molar-refractivity contribution in [3.8, 4) is 0 Å². The Hall–Kier alpha value is -1.14. The van der Waals surface area contributed by atoms with Gasteiger partial charge in [0.2, 0.25) is 0 Å². The summed E-state index contributed by atoms with van der Waals surface area (Å²) in [7, 11) is 1.92. The van der Waals surface area contributed by atoms with E-state index in [0.717, 1.165) is 5.75 Å². The summed E-state index contributed by atoms with van der Waals surface area (Å²) in [4.78, 5) is 6.23. The van der Waals surface area contributed by atoms with E-state index in [1.165, 1.54) is 0 Å². The topological polar surface area (TPSA) is 74.7 Å². The molecule has 3 N–H and O–H groups in total. The highest BCUT2D eigenvalue weighted by Gasteiger charge is 2.17. The molecule has 0 bridgehead atoms. The summed E-state index contributed by atoms with van der Waals surface area (Å²) in [5.41, 5.74) is 6.04. The van der Waals surface area contributed by atoms with Crippen molar-refractivity contribution in [3.05, 3.63) is 22.8 Å². The first-order chi connectivity index (χ1) is 8.52. The molecule has 1 aromatic heterocycles. The quantitative estimate of drug-likeness (QED) is 0.375. The highest BCUT2D eigenvalue weighted by atomic mass is 35.5. The molecule has 1 rings (SSSR count). The summed E-state index contributed by atoms with van der Waals surface area (Å²) < 4.78 is 0. The lowest BCUT2D eigenvalue weighted by Gasteiger charge is -2.26. The van der Waals surface area contributed by atoms with Crippen molar-refractivity contribution in [3.63, 3.8) is 0 Å². The molecule has 1 unspecified atom stereocenters. The van der Waals surface area contributed by atoms with Gasteiger partial charge in [0.15, 0.2) is 5.84 Å². The first-order valence-corrected chi connectivity index (χ1v) is 7.14. The van der Waals surface area contributed by atoms with Crippen molar-refractivity contribution in [1.29, 1.82) is 0 Å². The average molecular weight is 289 g/mol. The van der Waals surface area contributed by atoms with Crippen molar-refractivity contribution in [2.45, 2.75) is 13.0 Å². The molecule has 18 heavy (non-hydrogen) atoms. The van der Waals surface area contributed by atoms with Crippen LogP contribution < -0.4 is 10.6 Å². The van der Waals surface area contributed by atoms with Gasteiger partial charge in [-0.25, -0.2) is 4.98 Å². The van der Waals surface area contributed by atoms with Gasteiger partial charge < -0.3 is 15.8 Å². The number of oxime groups is 1. The molecule has 0 aliphatic carbocycles. The van der Waals surface area contributed by atoms with Crippen LogP contribution >= 0.6 is 23.4 Å². The van der Waals surface area contributed by atoms with Crippen LogP contribution in [0.5, 0.6) is 0 Å². The highest BCUT2D eigenvalue weighted by Crippen LogP contribution is 2.27. The number of rotatable bonds is 5. The maximum atomic E-state index is 8.70. The van der Waals surface area contributed by atoms with E-state index in [0.29, 0.717) is 16.4 Å². The predicted octanol–water partition coefficient (Wildman–Crippen LogP) is 2.02.